The van der Waals surface area contributed by atoms with Crippen LogP contribution in [0.2, 0.25) is 0 Å². The van der Waals surface area contributed by atoms with E-state index in [1.165, 1.54) is 64.2 Å². The zero-order valence-electron chi connectivity index (χ0n) is 22.9. The lowest BCUT2D eigenvalue weighted by Crippen LogP contribution is -2.68. The zero-order valence-corrected chi connectivity index (χ0v) is 22.9. The van der Waals surface area contributed by atoms with Gasteiger partial charge in [0.1, 0.15) is 0 Å². The Bertz CT molecular complexity index is 849. The predicted molar refractivity (Wildman–Crippen MR) is 135 cm³/mol. The van der Waals surface area contributed by atoms with E-state index in [4.69, 9.17) is 0 Å². The Labute approximate surface area is 199 Å². The van der Waals surface area contributed by atoms with Crippen LogP contribution in [0.5, 0.6) is 0 Å². The van der Waals surface area contributed by atoms with Crippen LogP contribution in [0, 0.1) is 43.8 Å². The van der Waals surface area contributed by atoms with Crippen molar-refractivity contribution in [2.75, 3.05) is 0 Å². The molecule has 0 aromatic rings. The molecule has 0 radical (unpaired) electrons. The molecule has 0 saturated heterocycles. The van der Waals surface area contributed by atoms with Crippen molar-refractivity contribution in [3.63, 3.8) is 0 Å². The third-order valence-electron chi connectivity index (χ3n) is 13.9. The van der Waals surface area contributed by atoms with Crippen LogP contribution in [-0.2, 0) is 0 Å². The second kappa shape index (κ2) is 6.47. The molecule has 0 amide bonds. The van der Waals surface area contributed by atoms with Crippen LogP contribution >= 0.6 is 0 Å². The van der Waals surface area contributed by atoms with Gasteiger partial charge in [-0.05, 0) is 114 Å². The summed E-state index contributed by atoms with van der Waals surface area (Å²) in [6, 6.07) is 0. The van der Waals surface area contributed by atoms with Crippen molar-refractivity contribution >= 4 is 0 Å². The largest absolute Gasteiger partial charge is 0.393 e. The van der Waals surface area contributed by atoms with Crippen LogP contribution in [0.4, 0.5) is 0 Å². The molecule has 7 atom stereocenters. The highest BCUT2D eigenvalue weighted by Gasteiger charge is 2.72. The number of rotatable bonds is 0. The Morgan fingerprint density at radius 2 is 1.31 bits per heavy atom. The molecule has 4 fully saturated rings. The molecule has 1 heteroatoms. The topological polar surface area (TPSA) is 20.2 Å². The monoisotopic (exact) mass is 440 g/mol. The minimum Gasteiger partial charge on any atom is -0.393 e. The van der Waals surface area contributed by atoms with Gasteiger partial charge in [-0.3, -0.25) is 0 Å². The van der Waals surface area contributed by atoms with Gasteiger partial charge in [0, 0.05) is 0 Å². The van der Waals surface area contributed by atoms with E-state index >= 15 is 0 Å². The van der Waals surface area contributed by atoms with Gasteiger partial charge in [0.15, 0.2) is 0 Å². The minimum absolute atomic E-state index is 0.0372. The molecule has 0 bridgehead atoms. The molecule has 1 nitrogen and oxygen atoms in total. The third kappa shape index (κ3) is 2.56. The van der Waals surface area contributed by atoms with E-state index in [2.05, 4.69) is 62.3 Å². The molecule has 0 aromatic heterocycles. The van der Waals surface area contributed by atoms with E-state index in [9.17, 15) is 5.11 Å². The summed E-state index contributed by atoms with van der Waals surface area (Å²) in [6.45, 7) is 23.2. The molecule has 182 valence electrons. The fourth-order valence-electron chi connectivity index (χ4n) is 10.9. The molecule has 5 aliphatic carbocycles. The van der Waals surface area contributed by atoms with Crippen molar-refractivity contribution in [3.05, 3.63) is 11.1 Å². The van der Waals surface area contributed by atoms with Crippen LogP contribution in [0.15, 0.2) is 11.1 Å². The van der Waals surface area contributed by atoms with Gasteiger partial charge in [-0.2, -0.15) is 0 Å². The number of fused-ring (bicyclic) bond motifs is 6. The van der Waals surface area contributed by atoms with E-state index in [-0.39, 0.29) is 11.5 Å². The van der Waals surface area contributed by atoms with Crippen molar-refractivity contribution in [3.8, 4) is 0 Å². The molecule has 0 aromatic carbocycles. The van der Waals surface area contributed by atoms with Gasteiger partial charge in [-0.25, -0.2) is 0 Å². The Morgan fingerprint density at radius 3 is 2.00 bits per heavy atom. The van der Waals surface area contributed by atoms with Gasteiger partial charge in [0.05, 0.1) is 6.10 Å². The smallest absolute Gasteiger partial charge is 0.0594 e. The highest BCUT2D eigenvalue weighted by Crippen LogP contribution is 2.80. The van der Waals surface area contributed by atoms with E-state index in [1.54, 1.807) is 0 Å². The predicted octanol–water partition coefficient (Wildman–Crippen LogP) is 8.70. The van der Waals surface area contributed by atoms with Gasteiger partial charge in [0.25, 0.3) is 0 Å². The zero-order chi connectivity index (χ0) is 23.6. The molecule has 4 saturated carbocycles. The molecular weight excluding hydrogens is 388 g/mol. The summed E-state index contributed by atoms with van der Waals surface area (Å²) in [5, 5.41) is 11.0. The highest BCUT2D eigenvalue weighted by atomic mass is 16.3. The van der Waals surface area contributed by atoms with E-state index in [0.717, 1.165) is 6.42 Å². The molecule has 0 aliphatic heterocycles. The van der Waals surface area contributed by atoms with Gasteiger partial charge in [0.2, 0.25) is 0 Å². The van der Waals surface area contributed by atoms with Gasteiger partial charge in [-0.15, -0.1) is 0 Å². The van der Waals surface area contributed by atoms with Gasteiger partial charge in [-0.1, -0.05) is 73.5 Å². The summed E-state index contributed by atoms with van der Waals surface area (Å²) < 4.78 is 0. The fourth-order valence-corrected chi connectivity index (χ4v) is 10.9. The van der Waals surface area contributed by atoms with Crippen LogP contribution in [0.3, 0.4) is 0 Å². The standard InChI is InChI=1S/C31H52O/c1-25(2)16-17-27(5)18-19-28(6)21(22(27)20-25)10-14-31(9)29(7)13-12-24(32)26(3,4)23(29)11-15-30(28,31)8/h23-24,32H,10-20H2,1-9H3/t23-,24-,27+,28+,29-,30-,31+/m0/s1. The lowest BCUT2D eigenvalue weighted by Gasteiger charge is -2.75. The quantitative estimate of drug-likeness (QED) is 0.373. The first-order chi connectivity index (χ1) is 14.6. The molecular formula is C31H52O. The minimum atomic E-state index is -0.134. The van der Waals surface area contributed by atoms with E-state index in [0.29, 0.717) is 38.4 Å². The molecule has 5 aliphatic rings. The van der Waals surface area contributed by atoms with E-state index < -0.39 is 0 Å². The van der Waals surface area contributed by atoms with Crippen molar-refractivity contribution in [1.82, 2.24) is 0 Å². The Morgan fingerprint density at radius 1 is 0.656 bits per heavy atom. The Balaban J connectivity index is 1.64. The lowest BCUT2D eigenvalue weighted by atomic mass is 9.29. The number of allylic oxidation sites excluding steroid dienone is 2. The summed E-state index contributed by atoms with van der Waals surface area (Å²) in [6.07, 6.45) is 14.3. The SMILES string of the molecule is CC1(C)CC[C@]2(C)CC[C@]3(C)C(=C2C1)CC[C@@]1(C)[C@@]3(C)CC[C@H]2C(C)(C)[C@@H](O)CC[C@@]21C. The average molecular weight is 441 g/mol. The van der Waals surface area contributed by atoms with Crippen molar-refractivity contribution < 1.29 is 5.11 Å². The van der Waals surface area contributed by atoms with Crippen molar-refractivity contribution in [2.24, 2.45) is 43.8 Å². The molecule has 5 rings (SSSR count). The lowest BCUT2D eigenvalue weighted by molar-refractivity contribution is -0.253. The number of hydrogen-bond acceptors (Lipinski definition) is 1. The Hall–Kier alpha value is -0.300. The van der Waals surface area contributed by atoms with Gasteiger partial charge >= 0.3 is 0 Å². The molecule has 0 unspecified atom stereocenters. The van der Waals surface area contributed by atoms with Crippen LogP contribution in [-0.4, -0.2) is 11.2 Å². The summed E-state index contributed by atoms with van der Waals surface area (Å²) in [5.74, 6) is 0.636. The number of hydrogen-bond donors (Lipinski definition) is 1. The number of aliphatic hydroxyl groups excluding tert-OH is 1. The first-order valence-electron chi connectivity index (χ1n) is 14.0. The summed E-state index contributed by atoms with van der Waals surface area (Å²) in [7, 11) is 0. The highest BCUT2D eigenvalue weighted by molar-refractivity contribution is 5.39. The first-order valence-corrected chi connectivity index (χ1v) is 14.0. The average Bonchev–Trinajstić information content (AvgIpc) is 2.69. The van der Waals surface area contributed by atoms with Gasteiger partial charge < -0.3 is 5.11 Å². The molecule has 0 spiro atoms. The second-order valence-corrected chi connectivity index (χ2v) is 15.7. The summed E-state index contributed by atoms with van der Waals surface area (Å²) in [4.78, 5) is 0. The maximum Gasteiger partial charge on any atom is 0.0594 e. The first kappa shape index (κ1) is 23.4. The van der Waals surface area contributed by atoms with Crippen LogP contribution < -0.4 is 0 Å². The molecule has 1 N–H and O–H groups in total. The maximum atomic E-state index is 11.0. The fraction of sp³-hybridized carbons (Fsp3) is 0.935. The molecule has 0 heterocycles. The van der Waals surface area contributed by atoms with E-state index in [1.807, 2.05) is 11.1 Å². The summed E-state index contributed by atoms with van der Waals surface area (Å²) >= 11 is 0. The van der Waals surface area contributed by atoms with Crippen molar-refractivity contribution in [1.29, 1.82) is 0 Å². The second-order valence-electron chi connectivity index (χ2n) is 15.7. The normalized spacial score (nSPS) is 54.2. The van der Waals surface area contributed by atoms with Crippen LogP contribution in [0.1, 0.15) is 133 Å². The maximum absolute atomic E-state index is 11.0. The van der Waals surface area contributed by atoms with Crippen molar-refractivity contribution in [2.45, 2.75) is 139 Å². The van der Waals surface area contributed by atoms with Crippen LogP contribution in [0.25, 0.3) is 0 Å². The molecule has 32 heavy (non-hydrogen) atoms. The third-order valence-corrected chi connectivity index (χ3v) is 13.9. The Kier molecular flexibility index (Phi) is 4.74. The number of aliphatic hydroxyl groups is 1. The summed E-state index contributed by atoms with van der Waals surface area (Å²) in [5.41, 5.74) is 6.15.